The van der Waals surface area contributed by atoms with E-state index in [0.717, 1.165) is 16.9 Å². The summed E-state index contributed by atoms with van der Waals surface area (Å²) < 4.78 is 22.9. The maximum Gasteiger partial charge on any atom is 0.283 e. The first-order valence-corrected chi connectivity index (χ1v) is 10.2. The smallest absolute Gasteiger partial charge is 0.283 e. The van der Waals surface area contributed by atoms with Crippen molar-refractivity contribution in [3.05, 3.63) is 46.8 Å². The molecule has 5 rings (SSSR count). The topological polar surface area (TPSA) is 109 Å². The van der Waals surface area contributed by atoms with E-state index in [9.17, 15) is 4.79 Å². The standard InChI is InChI=1S/C22H25N3O5/c1-4-14-9-16(25-30-14)17(26)8-13-5-6-18-15(7-13)22(12-28-19(23)24-22)21(10-27-11-21)20(2,3)29-18/h5-7,9H,4,8,10-12H2,1-3H3,(H2,23,24). The quantitative estimate of drug-likeness (QED) is 0.769. The fourth-order valence-electron chi connectivity index (χ4n) is 4.82. The van der Waals surface area contributed by atoms with Crippen LogP contribution in [-0.4, -0.2) is 42.4 Å². The van der Waals surface area contributed by atoms with E-state index in [2.05, 4.69) is 19.0 Å². The average molecular weight is 411 g/mol. The highest BCUT2D eigenvalue weighted by molar-refractivity contribution is 5.95. The van der Waals surface area contributed by atoms with Gasteiger partial charge in [0.25, 0.3) is 6.02 Å². The third-order valence-electron chi connectivity index (χ3n) is 6.78. The molecule has 158 valence electrons. The van der Waals surface area contributed by atoms with Gasteiger partial charge in [-0.3, -0.25) is 4.79 Å². The van der Waals surface area contributed by atoms with Gasteiger partial charge in [0.15, 0.2) is 5.78 Å². The van der Waals surface area contributed by atoms with Gasteiger partial charge in [0, 0.05) is 24.5 Å². The molecule has 0 saturated carbocycles. The Bertz CT molecular complexity index is 1050. The molecule has 2 spiro atoms. The minimum absolute atomic E-state index is 0.100. The average Bonchev–Trinajstić information content (AvgIpc) is 3.28. The van der Waals surface area contributed by atoms with E-state index in [-0.39, 0.29) is 18.2 Å². The molecule has 3 aliphatic rings. The van der Waals surface area contributed by atoms with E-state index in [0.29, 0.717) is 37.7 Å². The third kappa shape index (κ3) is 2.46. The van der Waals surface area contributed by atoms with E-state index in [1.54, 1.807) is 6.07 Å². The molecule has 8 nitrogen and oxygen atoms in total. The number of benzene rings is 1. The summed E-state index contributed by atoms with van der Waals surface area (Å²) in [7, 11) is 0. The summed E-state index contributed by atoms with van der Waals surface area (Å²) in [5.41, 5.74) is 6.39. The SMILES string of the molecule is CCc1cc(C(=O)Cc2ccc3c(c2)C2(COC(N)=N2)C2(COC2)C(C)(C)O3)no1. The fourth-order valence-corrected chi connectivity index (χ4v) is 4.82. The van der Waals surface area contributed by atoms with Crippen LogP contribution in [0.4, 0.5) is 0 Å². The Kier molecular flexibility index (Phi) is 4.02. The maximum atomic E-state index is 12.7. The van der Waals surface area contributed by atoms with Gasteiger partial charge in [-0.2, -0.15) is 0 Å². The lowest BCUT2D eigenvalue weighted by Gasteiger charge is -2.61. The molecule has 30 heavy (non-hydrogen) atoms. The van der Waals surface area contributed by atoms with Gasteiger partial charge in [-0.05, 0) is 31.5 Å². The highest BCUT2D eigenvalue weighted by atomic mass is 16.5. The van der Waals surface area contributed by atoms with Crippen LogP contribution in [-0.2, 0) is 27.9 Å². The molecule has 1 saturated heterocycles. The first-order valence-electron chi connectivity index (χ1n) is 10.2. The summed E-state index contributed by atoms with van der Waals surface area (Å²) in [4.78, 5) is 17.5. The number of hydrogen-bond donors (Lipinski definition) is 1. The second kappa shape index (κ2) is 6.31. The molecule has 0 radical (unpaired) electrons. The number of nitrogens with two attached hydrogens (primary N) is 1. The molecular weight excluding hydrogens is 386 g/mol. The molecule has 0 bridgehead atoms. The van der Waals surface area contributed by atoms with Gasteiger partial charge in [0.1, 0.15) is 35.0 Å². The van der Waals surface area contributed by atoms with Crippen LogP contribution in [0.25, 0.3) is 0 Å². The number of aliphatic imine (C=N–C) groups is 1. The Morgan fingerprint density at radius 1 is 1.20 bits per heavy atom. The number of aromatic nitrogens is 1. The number of amidine groups is 1. The summed E-state index contributed by atoms with van der Waals surface area (Å²) in [5.74, 6) is 1.32. The second-order valence-corrected chi connectivity index (χ2v) is 8.75. The van der Waals surface area contributed by atoms with E-state index in [1.807, 2.05) is 25.1 Å². The van der Waals surface area contributed by atoms with Gasteiger partial charge in [0.05, 0.1) is 18.6 Å². The van der Waals surface area contributed by atoms with E-state index in [1.165, 1.54) is 0 Å². The molecule has 0 amide bonds. The van der Waals surface area contributed by atoms with Crippen molar-refractivity contribution in [2.24, 2.45) is 16.1 Å². The van der Waals surface area contributed by atoms with Crippen molar-refractivity contribution < 1.29 is 23.5 Å². The number of carbonyl (C=O) groups excluding carboxylic acids is 1. The Morgan fingerprint density at radius 2 is 2.00 bits per heavy atom. The Morgan fingerprint density at radius 3 is 2.60 bits per heavy atom. The van der Waals surface area contributed by atoms with Crippen LogP contribution in [0.5, 0.6) is 5.75 Å². The van der Waals surface area contributed by atoms with Crippen LogP contribution in [0.1, 0.15) is 48.1 Å². The molecule has 0 aliphatic carbocycles. The molecule has 1 atom stereocenters. The van der Waals surface area contributed by atoms with Crippen molar-refractivity contribution >= 4 is 11.8 Å². The lowest BCUT2D eigenvalue weighted by atomic mass is 9.55. The first-order chi connectivity index (χ1) is 14.3. The van der Waals surface area contributed by atoms with Crippen molar-refractivity contribution in [3.8, 4) is 5.75 Å². The van der Waals surface area contributed by atoms with Crippen molar-refractivity contribution in [3.63, 3.8) is 0 Å². The number of nitrogens with zero attached hydrogens (tertiary/aromatic N) is 2. The van der Waals surface area contributed by atoms with Gasteiger partial charge in [0.2, 0.25) is 0 Å². The Hall–Kier alpha value is -2.87. The Labute approximate surface area is 174 Å². The third-order valence-corrected chi connectivity index (χ3v) is 6.78. The number of aryl methyl sites for hydroxylation is 1. The van der Waals surface area contributed by atoms with Crippen molar-refractivity contribution in [1.82, 2.24) is 5.16 Å². The molecule has 1 unspecified atom stereocenters. The van der Waals surface area contributed by atoms with Crippen LogP contribution in [0, 0.1) is 5.41 Å². The fraction of sp³-hybridized carbons (Fsp3) is 0.500. The Balaban J connectivity index is 1.55. The van der Waals surface area contributed by atoms with Crippen LogP contribution in [0.15, 0.2) is 33.8 Å². The number of fused-ring (bicyclic) bond motifs is 3. The molecule has 2 N–H and O–H groups in total. The molecule has 2 aromatic rings. The zero-order valence-corrected chi connectivity index (χ0v) is 17.4. The highest BCUT2D eigenvalue weighted by Gasteiger charge is 2.71. The molecule has 4 heterocycles. The molecule has 1 aromatic heterocycles. The summed E-state index contributed by atoms with van der Waals surface area (Å²) in [6.07, 6.45) is 0.893. The van der Waals surface area contributed by atoms with Gasteiger partial charge in [-0.15, -0.1) is 0 Å². The number of hydrogen-bond acceptors (Lipinski definition) is 8. The van der Waals surface area contributed by atoms with Crippen LogP contribution in [0.3, 0.4) is 0 Å². The second-order valence-electron chi connectivity index (χ2n) is 8.75. The van der Waals surface area contributed by atoms with E-state index >= 15 is 0 Å². The van der Waals surface area contributed by atoms with Crippen molar-refractivity contribution in [2.75, 3.05) is 19.8 Å². The number of Topliss-reactive ketones (excluding diaryl/α,β-unsaturated/α-hetero) is 1. The van der Waals surface area contributed by atoms with Gasteiger partial charge in [-0.1, -0.05) is 18.1 Å². The predicted octanol–water partition coefficient (Wildman–Crippen LogP) is 2.39. The normalized spacial score (nSPS) is 25.2. The lowest BCUT2D eigenvalue weighted by Crippen LogP contribution is -2.71. The molecule has 8 heteroatoms. The van der Waals surface area contributed by atoms with Gasteiger partial charge < -0.3 is 24.5 Å². The summed E-state index contributed by atoms with van der Waals surface area (Å²) in [5, 5.41) is 3.89. The first kappa shape index (κ1) is 19.1. The molecule has 1 aromatic carbocycles. The van der Waals surface area contributed by atoms with Crippen molar-refractivity contribution in [2.45, 2.75) is 44.8 Å². The monoisotopic (exact) mass is 411 g/mol. The highest BCUT2D eigenvalue weighted by Crippen LogP contribution is 2.62. The minimum atomic E-state index is -0.714. The zero-order chi connectivity index (χ0) is 21.1. The summed E-state index contributed by atoms with van der Waals surface area (Å²) in [6.45, 7) is 7.38. The van der Waals surface area contributed by atoms with Gasteiger partial charge >= 0.3 is 0 Å². The van der Waals surface area contributed by atoms with Crippen LogP contribution >= 0.6 is 0 Å². The summed E-state index contributed by atoms with van der Waals surface area (Å²) in [6, 6.07) is 7.65. The minimum Gasteiger partial charge on any atom is -0.487 e. The number of rotatable bonds is 4. The molecular formula is C22H25N3O5. The summed E-state index contributed by atoms with van der Waals surface area (Å²) >= 11 is 0. The maximum absolute atomic E-state index is 12.7. The van der Waals surface area contributed by atoms with E-state index < -0.39 is 16.6 Å². The zero-order valence-electron chi connectivity index (χ0n) is 17.4. The molecule has 3 aliphatic heterocycles. The number of ether oxygens (including phenoxy) is 3. The number of carbonyl (C=O) groups is 1. The van der Waals surface area contributed by atoms with Crippen LogP contribution in [0.2, 0.25) is 0 Å². The van der Waals surface area contributed by atoms with Crippen LogP contribution < -0.4 is 10.5 Å². The predicted molar refractivity (Wildman–Crippen MR) is 108 cm³/mol. The van der Waals surface area contributed by atoms with E-state index in [4.69, 9.17) is 29.5 Å². The molecule has 1 fully saturated rings. The lowest BCUT2D eigenvalue weighted by molar-refractivity contribution is -0.247. The largest absolute Gasteiger partial charge is 0.487 e. The van der Waals surface area contributed by atoms with Crippen molar-refractivity contribution in [1.29, 1.82) is 0 Å². The van der Waals surface area contributed by atoms with Gasteiger partial charge in [-0.25, -0.2) is 4.99 Å². The number of ketones is 1.